The highest BCUT2D eigenvalue weighted by molar-refractivity contribution is 5.77. The SMILES string of the molecule is CC/C=C\C/C=C\C/C=C\C/C=C\C/C=C\CC(CC(=O)NC(CO)C(O)CCCCCCCCCCCCCCC)OC(=O)CCCCCCCCCCC/C=C/CCCCCCCC. The number of rotatable bonds is 50. The van der Waals surface area contributed by atoms with Gasteiger partial charge in [-0.15, -0.1) is 0 Å². The third-order valence-electron chi connectivity index (χ3n) is 12.5. The Hall–Kier alpha value is -2.70. The molecule has 0 saturated heterocycles. The number of amides is 1. The Morgan fingerprint density at radius 1 is 0.470 bits per heavy atom. The molecule has 0 spiro atoms. The number of hydrogen-bond donors (Lipinski definition) is 3. The molecule has 0 saturated carbocycles. The Bertz CT molecular complexity index is 1220. The monoisotopic (exact) mass is 922 g/mol. The van der Waals surface area contributed by atoms with Crippen molar-refractivity contribution in [2.75, 3.05) is 6.61 Å². The van der Waals surface area contributed by atoms with Crippen LogP contribution in [0, 0.1) is 0 Å². The first-order chi connectivity index (χ1) is 32.5. The van der Waals surface area contributed by atoms with E-state index < -0.39 is 18.2 Å². The normalized spacial score (nSPS) is 13.7. The number of aliphatic hydroxyl groups excluding tert-OH is 2. The van der Waals surface area contributed by atoms with Gasteiger partial charge in [0.1, 0.15) is 6.10 Å². The number of ether oxygens (including phenoxy) is 1. The zero-order chi connectivity index (χ0) is 48.1. The largest absolute Gasteiger partial charge is 0.461 e. The minimum atomic E-state index is -0.814. The van der Waals surface area contributed by atoms with Crippen LogP contribution in [0.4, 0.5) is 0 Å². The quantitative estimate of drug-likeness (QED) is 0.0321. The molecule has 66 heavy (non-hydrogen) atoms. The lowest BCUT2D eigenvalue weighted by Crippen LogP contribution is -2.46. The first-order valence-corrected chi connectivity index (χ1v) is 28.2. The number of carbonyl (C=O) groups is 2. The second kappa shape index (κ2) is 53.3. The van der Waals surface area contributed by atoms with Crippen LogP contribution in [0.25, 0.3) is 0 Å². The first kappa shape index (κ1) is 63.3. The molecule has 0 radical (unpaired) electrons. The molecule has 3 N–H and O–H groups in total. The highest BCUT2D eigenvalue weighted by atomic mass is 16.5. The fourth-order valence-electron chi connectivity index (χ4n) is 8.27. The third-order valence-corrected chi connectivity index (χ3v) is 12.5. The number of allylic oxidation sites excluding steroid dienone is 11. The molecule has 0 aromatic rings. The van der Waals surface area contributed by atoms with Crippen molar-refractivity contribution in [3.8, 4) is 0 Å². The molecule has 0 aromatic carbocycles. The molecule has 0 rings (SSSR count). The van der Waals surface area contributed by atoms with Crippen LogP contribution < -0.4 is 5.32 Å². The van der Waals surface area contributed by atoms with Gasteiger partial charge in [-0.2, -0.15) is 0 Å². The van der Waals surface area contributed by atoms with E-state index in [-0.39, 0.29) is 24.9 Å². The summed E-state index contributed by atoms with van der Waals surface area (Å²) in [6.45, 7) is 6.35. The number of unbranched alkanes of at least 4 members (excludes halogenated alkanes) is 27. The van der Waals surface area contributed by atoms with Crippen molar-refractivity contribution >= 4 is 11.9 Å². The lowest BCUT2D eigenvalue weighted by molar-refractivity contribution is -0.150. The topological polar surface area (TPSA) is 95.9 Å². The zero-order valence-corrected chi connectivity index (χ0v) is 43.6. The van der Waals surface area contributed by atoms with Crippen molar-refractivity contribution in [1.82, 2.24) is 5.32 Å². The zero-order valence-electron chi connectivity index (χ0n) is 43.6. The van der Waals surface area contributed by atoms with Gasteiger partial charge in [-0.3, -0.25) is 9.59 Å². The summed E-state index contributed by atoms with van der Waals surface area (Å²) in [5, 5.41) is 23.8. The number of carbonyl (C=O) groups excluding carboxylic acids is 2. The van der Waals surface area contributed by atoms with Gasteiger partial charge >= 0.3 is 5.97 Å². The summed E-state index contributed by atoms with van der Waals surface area (Å²) in [4.78, 5) is 26.2. The Labute approximate surface area is 409 Å². The summed E-state index contributed by atoms with van der Waals surface area (Å²) in [6, 6.07) is -0.735. The van der Waals surface area contributed by atoms with E-state index in [1.54, 1.807) is 0 Å². The summed E-state index contributed by atoms with van der Waals surface area (Å²) >= 11 is 0. The van der Waals surface area contributed by atoms with E-state index in [0.717, 1.165) is 70.6 Å². The fourth-order valence-corrected chi connectivity index (χ4v) is 8.27. The molecule has 0 aromatic heterocycles. The predicted molar refractivity (Wildman–Crippen MR) is 287 cm³/mol. The van der Waals surface area contributed by atoms with Crippen LogP contribution in [-0.4, -0.2) is 46.9 Å². The summed E-state index contributed by atoms with van der Waals surface area (Å²) in [5.41, 5.74) is 0. The van der Waals surface area contributed by atoms with Crippen LogP contribution in [-0.2, 0) is 14.3 Å². The Kier molecular flexibility index (Phi) is 51.1. The van der Waals surface area contributed by atoms with Gasteiger partial charge in [-0.25, -0.2) is 0 Å². The molecule has 6 nitrogen and oxygen atoms in total. The van der Waals surface area contributed by atoms with E-state index >= 15 is 0 Å². The van der Waals surface area contributed by atoms with Crippen LogP contribution in [0.5, 0.6) is 0 Å². The van der Waals surface area contributed by atoms with Crippen LogP contribution >= 0.6 is 0 Å². The van der Waals surface area contributed by atoms with E-state index in [2.05, 4.69) is 92.9 Å². The number of hydrogen-bond acceptors (Lipinski definition) is 5. The molecule has 3 atom stereocenters. The van der Waals surface area contributed by atoms with Crippen LogP contribution in [0.1, 0.15) is 271 Å². The Balaban J connectivity index is 4.65. The number of esters is 1. The molecule has 0 aliphatic carbocycles. The van der Waals surface area contributed by atoms with Gasteiger partial charge < -0.3 is 20.3 Å². The minimum Gasteiger partial charge on any atom is -0.461 e. The highest BCUT2D eigenvalue weighted by Crippen LogP contribution is 2.17. The summed E-state index contributed by atoms with van der Waals surface area (Å²) in [7, 11) is 0. The van der Waals surface area contributed by atoms with Crippen molar-refractivity contribution in [3.05, 3.63) is 72.9 Å². The van der Waals surface area contributed by atoms with Crippen LogP contribution in [0.2, 0.25) is 0 Å². The van der Waals surface area contributed by atoms with Crippen molar-refractivity contribution in [1.29, 1.82) is 0 Å². The minimum absolute atomic E-state index is 0.00249. The number of aliphatic hydroxyl groups is 2. The maximum absolute atomic E-state index is 13.2. The average Bonchev–Trinajstić information content (AvgIpc) is 3.31. The highest BCUT2D eigenvalue weighted by Gasteiger charge is 2.23. The predicted octanol–water partition coefficient (Wildman–Crippen LogP) is 17.3. The fraction of sp³-hybridized carbons (Fsp3) is 0.767. The van der Waals surface area contributed by atoms with Gasteiger partial charge in [0.25, 0.3) is 0 Å². The van der Waals surface area contributed by atoms with Gasteiger partial charge in [-0.1, -0.05) is 254 Å². The van der Waals surface area contributed by atoms with Crippen LogP contribution in [0.3, 0.4) is 0 Å². The maximum Gasteiger partial charge on any atom is 0.306 e. The molecule has 0 aliphatic heterocycles. The molecule has 0 fully saturated rings. The van der Waals surface area contributed by atoms with Gasteiger partial charge in [0.05, 0.1) is 25.2 Å². The molecule has 1 amide bonds. The Morgan fingerprint density at radius 2 is 0.848 bits per heavy atom. The molecule has 0 heterocycles. The second-order valence-corrected chi connectivity index (χ2v) is 19.0. The second-order valence-electron chi connectivity index (χ2n) is 19.0. The molecule has 0 aliphatic rings. The lowest BCUT2D eigenvalue weighted by atomic mass is 10.0. The first-order valence-electron chi connectivity index (χ1n) is 28.2. The standard InChI is InChI=1S/C60H107NO5/c1-4-7-10-13-16-19-22-25-27-28-29-30-32-35-38-41-44-47-50-53-60(65)66-56(51-48-45-42-39-36-34-31-26-23-20-17-14-11-8-5-2)54-59(64)61-57(55-62)58(63)52-49-46-43-40-37-33-24-21-18-15-12-9-6-3/h8,11,17,20,25-27,31,36,39,45,48,56-58,62-63H,4-7,9-10,12-16,18-19,21-24,28-30,32-35,37-38,40-44,46-47,49-55H2,1-3H3,(H,61,64)/b11-8-,20-17-,27-25+,31-26-,39-36-,48-45-. The molecule has 0 bridgehead atoms. The average molecular weight is 923 g/mol. The van der Waals surface area contributed by atoms with E-state index in [9.17, 15) is 19.8 Å². The summed E-state index contributed by atoms with van der Waals surface area (Å²) in [6.07, 6.45) is 68.4. The van der Waals surface area contributed by atoms with Crippen molar-refractivity contribution in [2.24, 2.45) is 0 Å². The van der Waals surface area contributed by atoms with Gasteiger partial charge in [0.2, 0.25) is 5.91 Å². The Morgan fingerprint density at radius 3 is 1.27 bits per heavy atom. The van der Waals surface area contributed by atoms with Crippen molar-refractivity contribution < 1.29 is 24.5 Å². The van der Waals surface area contributed by atoms with Crippen molar-refractivity contribution in [2.45, 2.75) is 289 Å². The van der Waals surface area contributed by atoms with Gasteiger partial charge in [0.15, 0.2) is 0 Å². The third kappa shape index (κ3) is 47.8. The maximum atomic E-state index is 13.2. The molecule has 6 heteroatoms. The van der Waals surface area contributed by atoms with E-state index in [0.29, 0.717) is 19.3 Å². The van der Waals surface area contributed by atoms with E-state index in [1.807, 2.05) is 6.08 Å². The number of nitrogens with one attached hydrogen (secondary N) is 1. The van der Waals surface area contributed by atoms with Gasteiger partial charge in [-0.05, 0) is 70.6 Å². The van der Waals surface area contributed by atoms with Gasteiger partial charge in [0, 0.05) is 12.8 Å². The van der Waals surface area contributed by atoms with E-state index in [4.69, 9.17) is 4.74 Å². The summed E-state index contributed by atoms with van der Waals surface area (Å²) in [5.74, 6) is -0.578. The molecular formula is C60H107NO5. The molecule has 3 unspecified atom stereocenters. The molecule has 382 valence electrons. The smallest absolute Gasteiger partial charge is 0.306 e. The van der Waals surface area contributed by atoms with E-state index in [1.165, 1.54) is 154 Å². The lowest BCUT2D eigenvalue weighted by Gasteiger charge is -2.24. The van der Waals surface area contributed by atoms with Crippen molar-refractivity contribution in [3.63, 3.8) is 0 Å². The summed E-state index contributed by atoms with van der Waals surface area (Å²) < 4.78 is 5.89. The van der Waals surface area contributed by atoms with Crippen LogP contribution in [0.15, 0.2) is 72.9 Å². The molecular weight excluding hydrogens is 815 g/mol.